The molecule has 2 rings (SSSR count). The molecule has 1 N–H and O–H groups in total. The number of benzene rings is 1. The van der Waals surface area contributed by atoms with Gasteiger partial charge in [-0.2, -0.15) is 0 Å². The van der Waals surface area contributed by atoms with E-state index in [0.29, 0.717) is 10.0 Å². The predicted octanol–water partition coefficient (Wildman–Crippen LogP) is 5.90. The minimum Gasteiger partial charge on any atom is -0.310 e. The fourth-order valence-corrected chi connectivity index (χ4v) is 3.59. The monoisotopic (exact) mass is 341 g/mol. The molecule has 21 heavy (non-hydrogen) atoms. The predicted molar refractivity (Wildman–Crippen MR) is 94.9 cm³/mol. The second-order valence-electron chi connectivity index (χ2n) is 5.11. The summed E-state index contributed by atoms with van der Waals surface area (Å²) in [6, 6.07) is 10.7. The molecule has 114 valence electrons. The van der Waals surface area contributed by atoms with Crippen molar-refractivity contribution in [2.24, 2.45) is 0 Å². The van der Waals surface area contributed by atoms with Gasteiger partial charge in [-0.25, -0.2) is 0 Å². The largest absolute Gasteiger partial charge is 0.310 e. The van der Waals surface area contributed by atoms with Crippen molar-refractivity contribution in [1.82, 2.24) is 5.32 Å². The molecule has 0 bridgehead atoms. The third kappa shape index (κ3) is 4.72. The molecule has 1 atom stereocenters. The van der Waals surface area contributed by atoms with Crippen LogP contribution in [0.4, 0.5) is 0 Å². The highest BCUT2D eigenvalue weighted by molar-refractivity contribution is 7.11. The lowest BCUT2D eigenvalue weighted by atomic mass is 10.0. The fraction of sp³-hybridized carbons (Fsp3) is 0.412. The maximum absolute atomic E-state index is 6.16. The molecular formula is C17H21Cl2NS. The van der Waals surface area contributed by atoms with Crippen molar-refractivity contribution < 1.29 is 0 Å². The van der Waals surface area contributed by atoms with Crippen molar-refractivity contribution in [2.45, 2.75) is 39.2 Å². The molecule has 1 nitrogen and oxygen atoms in total. The van der Waals surface area contributed by atoms with Crippen LogP contribution in [0.1, 0.15) is 41.6 Å². The van der Waals surface area contributed by atoms with Gasteiger partial charge in [-0.3, -0.25) is 0 Å². The average molecular weight is 342 g/mol. The topological polar surface area (TPSA) is 12.0 Å². The van der Waals surface area contributed by atoms with Crippen LogP contribution in [0.5, 0.6) is 0 Å². The van der Waals surface area contributed by atoms with Gasteiger partial charge >= 0.3 is 0 Å². The first-order valence-corrected chi connectivity index (χ1v) is 8.97. The van der Waals surface area contributed by atoms with Gasteiger partial charge in [0.25, 0.3) is 0 Å². The van der Waals surface area contributed by atoms with Gasteiger partial charge in [0, 0.05) is 22.2 Å². The number of nitrogens with one attached hydrogen (secondary N) is 1. The molecule has 0 saturated heterocycles. The number of aryl methyl sites for hydroxylation is 1. The number of hydrogen-bond acceptors (Lipinski definition) is 2. The number of halogens is 2. The van der Waals surface area contributed by atoms with Crippen molar-refractivity contribution in [3.8, 4) is 0 Å². The quantitative estimate of drug-likeness (QED) is 0.660. The summed E-state index contributed by atoms with van der Waals surface area (Å²) in [5, 5.41) is 4.85. The van der Waals surface area contributed by atoms with Crippen molar-refractivity contribution in [3.63, 3.8) is 0 Å². The Morgan fingerprint density at radius 2 is 1.81 bits per heavy atom. The Morgan fingerprint density at radius 3 is 2.43 bits per heavy atom. The molecule has 0 amide bonds. The molecule has 0 fully saturated rings. The van der Waals surface area contributed by atoms with Gasteiger partial charge in [0.15, 0.2) is 0 Å². The summed E-state index contributed by atoms with van der Waals surface area (Å²) in [4.78, 5) is 2.85. The van der Waals surface area contributed by atoms with Gasteiger partial charge in [-0.15, -0.1) is 11.3 Å². The molecule has 0 saturated carbocycles. The molecule has 0 spiro atoms. The highest BCUT2D eigenvalue weighted by Crippen LogP contribution is 2.29. The lowest BCUT2D eigenvalue weighted by Gasteiger charge is -2.19. The Morgan fingerprint density at radius 1 is 1.05 bits per heavy atom. The van der Waals surface area contributed by atoms with E-state index in [9.17, 15) is 0 Å². The van der Waals surface area contributed by atoms with E-state index in [2.05, 4.69) is 37.4 Å². The van der Waals surface area contributed by atoms with Crippen molar-refractivity contribution in [3.05, 3.63) is 55.7 Å². The zero-order valence-corrected chi connectivity index (χ0v) is 14.8. The van der Waals surface area contributed by atoms with Gasteiger partial charge in [-0.1, -0.05) is 43.1 Å². The molecule has 1 aromatic carbocycles. The molecule has 0 aliphatic rings. The maximum Gasteiger partial charge on any atom is 0.0595 e. The summed E-state index contributed by atoms with van der Waals surface area (Å²) in [6.45, 7) is 5.37. The van der Waals surface area contributed by atoms with E-state index in [4.69, 9.17) is 23.2 Å². The molecule has 0 aliphatic heterocycles. The van der Waals surface area contributed by atoms with E-state index in [0.717, 1.165) is 25.8 Å². The maximum atomic E-state index is 6.16. The lowest BCUT2D eigenvalue weighted by molar-refractivity contribution is 0.532. The van der Waals surface area contributed by atoms with Crippen LogP contribution < -0.4 is 5.32 Å². The molecule has 1 unspecified atom stereocenters. The van der Waals surface area contributed by atoms with Crippen LogP contribution in [0.15, 0.2) is 30.3 Å². The summed E-state index contributed by atoms with van der Waals surface area (Å²) in [7, 11) is 0. The van der Waals surface area contributed by atoms with Crippen LogP contribution in [-0.2, 0) is 12.8 Å². The summed E-state index contributed by atoms with van der Waals surface area (Å²) in [5.74, 6) is 0. The molecule has 2 aromatic rings. The summed E-state index contributed by atoms with van der Waals surface area (Å²) in [6.07, 6.45) is 3.20. The van der Waals surface area contributed by atoms with Crippen LogP contribution >= 0.6 is 34.5 Å². The smallest absolute Gasteiger partial charge is 0.0595 e. The van der Waals surface area contributed by atoms with Crippen LogP contribution in [0.2, 0.25) is 10.0 Å². The molecule has 0 radical (unpaired) electrons. The van der Waals surface area contributed by atoms with Crippen molar-refractivity contribution in [2.75, 3.05) is 6.54 Å². The van der Waals surface area contributed by atoms with E-state index >= 15 is 0 Å². The second-order valence-corrected chi connectivity index (χ2v) is 7.17. The summed E-state index contributed by atoms with van der Waals surface area (Å²) >= 11 is 14.1. The summed E-state index contributed by atoms with van der Waals surface area (Å²) < 4.78 is 0. The second kappa shape index (κ2) is 8.19. The van der Waals surface area contributed by atoms with E-state index in [1.165, 1.54) is 15.3 Å². The van der Waals surface area contributed by atoms with Crippen LogP contribution in [-0.4, -0.2) is 6.54 Å². The minimum atomic E-state index is 0.281. The van der Waals surface area contributed by atoms with Crippen molar-refractivity contribution in [1.29, 1.82) is 0 Å². The Balaban J connectivity index is 2.18. The zero-order valence-electron chi connectivity index (χ0n) is 12.5. The first kappa shape index (κ1) is 16.8. The van der Waals surface area contributed by atoms with Gasteiger partial charge in [-0.05, 0) is 49.2 Å². The van der Waals surface area contributed by atoms with Crippen LogP contribution in [0.25, 0.3) is 0 Å². The van der Waals surface area contributed by atoms with E-state index < -0.39 is 0 Å². The van der Waals surface area contributed by atoms with Gasteiger partial charge in [0.05, 0.1) is 10.0 Å². The fourth-order valence-electron chi connectivity index (χ4n) is 2.28. The highest BCUT2D eigenvalue weighted by atomic mass is 35.5. The SMILES string of the molecule is CCCNC(Cc1ccc(CC)s1)c1ccc(Cl)c(Cl)c1. The standard InChI is InChI=1S/C17H21Cl2NS/c1-3-9-20-17(11-14-7-6-13(4-2)21-14)12-5-8-15(18)16(19)10-12/h5-8,10,17,20H,3-4,9,11H2,1-2H3. The lowest BCUT2D eigenvalue weighted by Crippen LogP contribution is -2.23. The Hall–Kier alpha value is -0.540. The average Bonchev–Trinajstić information content (AvgIpc) is 2.94. The summed E-state index contributed by atoms with van der Waals surface area (Å²) in [5.41, 5.74) is 1.20. The molecule has 4 heteroatoms. The van der Waals surface area contributed by atoms with E-state index in [1.807, 2.05) is 23.5 Å². The third-order valence-electron chi connectivity index (χ3n) is 3.46. The number of hydrogen-bond donors (Lipinski definition) is 1. The highest BCUT2D eigenvalue weighted by Gasteiger charge is 2.14. The number of rotatable bonds is 7. The molecule has 0 aliphatic carbocycles. The molecule has 1 aromatic heterocycles. The third-order valence-corrected chi connectivity index (χ3v) is 5.45. The first-order chi connectivity index (χ1) is 10.1. The van der Waals surface area contributed by atoms with Gasteiger partial charge in [0.2, 0.25) is 0 Å². The van der Waals surface area contributed by atoms with Crippen molar-refractivity contribution >= 4 is 34.5 Å². The number of thiophene rings is 1. The van der Waals surface area contributed by atoms with Crippen LogP contribution in [0.3, 0.4) is 0 Å². The van der Waals surface area contributed by atoms with Crippen LogP contribution in [0, 0.1) is 0 Å². The molecule has 1 heterocycles. The van der Waals surface area contributed by atoms with E-state index in [-0.39, 0.29) is 6.04 Å². The minimum absolute atomic E-state index is 0.281. The first-order valence-electron chi connectivity index (χ1n) is 7.40. The Labute approximate surface area is 141 Å². The Kier molecular flexibility index (Phi) is 6.56. The molecular weight excluding hydrogens is 321 g/mol. The van der Waals surface area contributed by atoms with Gasteiger partial charge < -0.3 is 5.32 Å². The zero-order chi connectivity index (χ0) is 15.2. The normalized spacial score (nSPS) is 12.6. The van der Waals surface area contributed by atoms with Gasteiger partial charge in [0.1, 0.15) is 0 Å². The Bertz CT molecular complexity index is 580. The van der Waals surface area contributed by atoms with E-state index in [1.54, 1.807) is 0 Å².